The maximum Gasteiger partial charge on any atom is 0.387 e. The predicted molar refractivity (Wildman–Crippen MR) is 76.6 cm³/mol. The molecule has 1 amide bonds. The van der Waals surface area contributed by atoms with E-state index in [2.05, 4.69) is 16.1 Å². The first-order chi connectivity index (χ1) is 10.1. The van der Waals surface area contributed by atoms with Crippen LogP contribution in [0.3, 0.4) is 0 Å². The predicted octanol–water partition coefficient (Wildman–Crippen LogP) is 3.91. The molecule has 1 atom stereocenters. The minimum atomic E-state index is -2.95. The molecule has 0 saturated carbocycles. The minimum absolute atomic E-state index is 0.0996. The normalized spacial score (nSPS) is 16.3. The molecule has 0 radical (unpaired) electrons. The molecule has 1 aliphatic rings. The van der Waals surface area contributed by atoms with Crippen molar-refractivity contribution < 1.29 is 18.3 Å². The zero-order valence-corrected chi connectivity index (χ0v) is 11.9. The highest BCUT2D eigenvalue weighted by Gasteiger charge is 2.19. The molecule has 114 valence electrons. The van der Waals surface area contributed by atoms with E-state index in [0.29, 0.717) is 0 Å². The summed E-state index contributed by atoms with van der Waals surface area (Å²) < 4.78 is 29.1. The third-order valence-electron chi connectivity index (χ3n) is 3.58. The summed E-state index contributed by atoms with van der Waals surface area (Å²) in [5.74, 6) is -0.500. The maximum atomic E-state index is 12.4. The summed E-state index contributed by atoms with van der Waals surface area (Å²) in [6.45, 7) is -1.04. The monoisotopic (exact) mass is 295 g/mol. The van der Waals surface area contributed by atoms with Gasteiger partial charge in [-0.25, -0.2) is 0 Å². The molecule has 1 aromatic carbocycles. The number of para-hydroxylation sites is 1. The van der Waals surface area contributed by atoms with Crippen molar-refractivity contribution in [1.29, 1.82) is 0 Å². The second-order valence-electron chi connectivity index (χ2n) is 5.09. The summed E-state index contributed by atoms with van der Waals surface area (Å²) in [5, 5.41) is 2.85. The van der Waals surface area contributed by atoms with Crippen molar-refractivity contribution in [2.75, 3.05) is 0 Å². The van der Waals surface area contributed by atoms with E-state index in [1.54, 1.807) is 12.1 Å². The van der Waals surface area contributed by atoms with Gasteiger partial charge in [-0.2, -0.15) is 8.78 Å². The molecule has 0 aromatic heterocycles. The van der Waals surface area contributed by atoms with Crippen molar-refractivity contribution in [2.24, 2.45) is 0 Å². The van der Waals surface area contributed by atoms with Gasteiger partial charge in [0.1, 0.15) is 5.75 Å². The summed E-state index contributed by atoms with van der Waals surface area (Å²) in [7, 11) is 0. The molecule has 0 bridgehead atoms. The van der Waals surface area contributed by atoms with Gasteiger partial charge < -0.3 is 10.1 Å². The van der Waals surface area contributed by atoms with Crippen LogP contribution in [0.1, 0.15) is 43.0 Å². The highest BCUT2D eigenvalue weighted by Crippen LogP contribution is 2.23. The number of hydrogen-bond donors (Lipinski definition) is 1. The molecule has 5 heteroatoms. The van der Waals surface area contributed by atoms with Crippen molar-refractivity contribution in [1.82, 2.24) is 5.32 Å². The van der Waals surface area contributed by atoms with Gasteiger partial charge in [0, 0.05) is 6.04 Å². The van der Waals surface area contributed by atoms with E-state index in [1.165, 1.54) is 24.1 Å². The highest BCUT2D eigenvalue weighted by atomic mass is 19.3. The van der Waals surface area contributed by atoms with E-state index in [-0.39, 0.29) is 17.4 Å². The van der Waals surface area contributed by atoms with Crippen molar-refractivity contribution in [3.05, 3.63) is 41.5 Å². The van der Waals surface area contributed by atoms with Gasteiger partial charge in [0.15, 0.2) is 0 Å². The van der Waals surface area contributed by atoms with Crippen LogP contribution < -0.4 is 10.1 Å². The van der Waals surface area contributed by atoms with Gasteiger partial charge in [0.25, 0.3) is 5.91 Å². The number of amides is 1. The SMILES string of the molecule is CC(NC(=O)c1ccccc1OC(F)F)C1=CCCCC1. The van der Waals surface area contributed by atoms with E-state index in [4.69, 9.17) is 0 Å². The Labute approximate surface area is 123 Å². The van der Waals surface area contributed by atoms with Crippen LogP contribution in [0.5, 0.6) is 5.75 Å². The van der Waals surface area contributed by atoms with Crippen LogP contribution in [0, 0.1) is 0 Å². The van der Waals surface area contributed by atoms with Crippen molar-refractivity contribution in [3.8, 4) is 5.75 Å². The van der Waals surface area contributed by atoms with Gasteiger partial charge >= 0.3 is 6.61 Å². The van der Waals surface area contributed by atoms with E-state index < -0.39 is 12.5 Å². The molecule has 3 nitrogen and oxygen atoms in total. The van der Waals surface area contributed by atoms with Crippen LogP contribution in [0.4, 0.5) is 8.78 Å². The Bertz CT molecular complexity index is 529. The Morgan fingerprint density at radius 1 is 1.29 bits per heavy atom. The number of hydrogen-bond acceptors (Lipinski definition) is 2. The highest BCUT2D eigenvalue weighted by molar-refractivity contribution is 5.97. The zero-order chi connectivity index (χ0) is 15.2. The van der Waals surface area contributed by atoms with Gasteiger partial charge in [0.05, 0.1) is 5.56 Å². The molecule has 1 aromatic rings. The smallest absolute Gasteiger partial charge is 0.387 e. The maximum absolute atomic E-state index is 12.4. The van der Waals surface area contributed by atoms with Crippen LogP contribution in [0.15, 0.2) is 35.9 Å². The first-order valence-electron chi connectivity index (χ1n) is 7.11. The van der Waals surface area contributed by atoms with Gasteiger partial charge in [-0.15, -0.1) is 0 Å². The molecule has 1 aliphatic carbocycles. The van der Waals surface area contributed by atoms with Crippen molar-refractivity contribution >= 4 is 5.91 Å². The van der Waals surface area contributed by atoms with E-state index in [0.717, 1.165) is 19.3 Å². The van der Waals surface area contributed by atoms with E-state index in [9.17, 15) is 13.6 Å². The quantitative estimate of drug-likeness (QED) is 0.836. The number of halogens is 2. The van der Waals surface area contributed by atoms with Gasteiger partial charge in [-0.1, -0.05) is 23.8 Å². The zero-order valence-electron chi connectivity index (χ0n) is 11.9. The van der Waals surface area contributed by atoms with Crippen LogP contribution in [0.2, 0.25) is 0 Å². The third-order valence-corrected chi connectivity index (χ3v) is 3.58. The Morgan fingerprint density at radius 3 is 2.71 bits per heavy atom. The fourth-order valence-electron chi connectivity index (χ4n) is 2.48. The molecule has 2 rings (SSSR count). The number of ether oxygens (including phenoxy) is 1. The fraction of sp³-hybridized carbons (Fsp3) is 0.438. The lowest BCUT2D eigenvalue weighted by Gasteiger charge is -2.21. The number of rotatable bonds is 5. The Balaban J connectivity index is 2.07. The van der Waals surface area contributed by atoms with Crippen molar-refractivity contribution in [2.45, 2.75) is 45.3 Å². The molecule has 0 spiro atoms. The number of carbonyl (C=O) groups excluding carboxylic acids is 1. The number of benzene rings is 1. The lowest BCUT2D eigenvalue weighted by molar-refractivity contribution is -0.0501. The fourth-order valence-corrected chi connectivity index (χ4v) is 2.48. The lowest BCUT2D eigenvalue weighted by Crippen LogP contribution is -2.34. The second kappa shape index (κ2) is 7.20. The van der Waals surface area contributed by atoms with Crippen LogP contribution >= 0.6 is 0 Å². The molecule has 1 unspecified atom stereocenters. The minimum Gasteiger partial charge on any atom is -0.434 e. The van der Waals surface area contributed by atoms with Crippen LogP contribution in [-0.2, 0) is 0 Å². The average Bonchev–Trinajstić information content (AvgIpc) is 2.48. The van der Waals surface area contributed by atoms with E-state index >= 15 is 0 Å². The Hall–Kier alpha value is -1.91. The Kier molecular flexibility index (Phi) is 5.31. The Morgan fingerprint density at radius 2 is 2.05 bits per heavy atom. The van der Waals surface area contributed by atoms with Gasteiger partial charge in [-0.3, -0.25) is 4.79 Å². The molecular weight excluding hydrogens is 276 g/mol. The average molecular weight is 295 g/mol. The largest absolute Gasteiger partial charge is 0.434 e. The van der Waals surface area contributed by atoms with Crippen LogP contribution in [-0.4, -0.2) is 18.6 Å². The number of nitrogens with one attached hydrogen (secondary N) is 1. The third kappa shape index (κ3) is 4.28. The first-order valence-corrected chi connectivity index (χ1v) is 7.11. The first kappa shape index (κ1) is 15.5. The van der Waals surface area contributed by atoms with E-state index in [1.807, 2.05) is 6.92 Å². The number of alkyl halides is 2. The summed E-state index contributed by atoms with van der Waals surface area (Å²) >= 11 is 0. The summed E-state index contributed by atoms with van der Waals surface area (Å²) in [6, 6.07) is 5.93. The molecule has 0 fully saturated rings. The molecule has 21 heavy (non-hydrogen) atoms. The molecule has 1 N–H and O–H groups in total. The molecule has 0 aliphatic heterocycles. The molecule has 0 saturated heterocycles. The van der Waals surface area contributed by atoms with Gasteiger partial charge in [0.2, 0.25) is 0 Å². The van der Waals surface area contributed by atoms with Crippen molar-refractivity contribution in [3.63, 3.8) is 0 Å². The van der Waals surface area contributed by atoms with Gasteiger partial charge in [-0.05, 0) is 44.7 Å². The number of carbonyl (C=O) groups is 1. The number of allylic oxidation sites excluding steroid dienone is 1. The van der Waals surface area contributed by atoms with Crippen LogP contribution in [0.25, 0.3) is 0 Å². The summed E-state index contributed by atoms with van der Waals surface area (Å²) in [4.78, 5) is 12.2. The summed E-state index contributed by atoms with van der Waals surface area (Å²) in [6.07, 6.45) is 6.44. The standard InChI is InChI=1S/C16H19F2NO2/c1-11(12-7-3-2-4-8-12)19-15(20)13-9-5-6-10-14(13)21-16(17)18/h5-7,9-11,16H,2-4,8H2,1H3,(H,19,20). The molecular formula is C16H19F2NO2. The topological polar surface area (TPSA) is 38.3 Å². The lowest BCUT2D eigenvalue weighted by atomic mass is 9.94. The molecule has 0 heterocycles. The summed E-state index contributed by atoms with van der Waals surface area (Å²) in [5.41, 5.74) is 1.32. The second-order valence-corrected chi connectivity index (χ2v) is 5.09.